The molecule has 0 spiro atoms. The molecular formula is C18H31N5O2. The van der Waals surface area contributed by atoms with Gasteiger partial charge in [-0.05, 0) is 44.9 Å². The standard InChI is InChI=1S/C18H31N5O2/c1-12(13-7-8-13)23-14(9-10-20-23)21-16(25)22-18(5,6)15(24)19-11-17(2,3)4/h9-10,12-13H,7-8,11H2,1-6H3,(H,19,24)(H2,21,22,25)/t12-/m1/s1. The average molecular weight is 349 g/mol. The van der Waals surface area contributed by atoms with E-state index in [9.17, 15) is 9.59 Å². The molecule has 1 aromatic rings. The molecule has 1 aromatic heterocycles. The number of anilines is 1. The maximum absolute atomic E-state index is 12.4. The first-order valence-electron chi connectivity index (χ1n) is 8.90. The van der Waals surface area contributed by atoms with Crippen molar-refractivity contribution in [1.29, 1.82) is 0 Å². The summed E-state index contributed by atoms with van der Waals surface area (Å²) in [4.78, 5) is 24.7. The third kappa shape index (κ3) is 5.47. The summed E-state index contributed by atoms with van der Waals surface area (Å²) in [6.07, 6.45) is 4.08. The summed E-state index contributed by atoms with van der Waals surface area (Å²) in [5, 5.41) is 12.7. The number of aromatic nitrogens is 2. The highest BCUT2D eigenvalue weighted by Gasteiger charge is 2.32. The van der Waals surface area contributed by atoms with Gasteiger partial charge in [0.2, 0.25) is 5.91 Å². The van der Waals surface area contributed by atoms with Crippen molar-refractivity contribution in [2.24, 2.45) is 11.3 Å². The van der Waals surface area contributed by atoms with Crippen molar-refractivity contribution >= 4 is 17.8 Å². The van der Waals surface area contributed by atoms with E-state index in [1.54, 1.807) is 26.1 Å². The van der Waals surface area contributed by atoms with Crippen molar-refractivity contribution in [3.05, 3.63) is 12.3 Å². The first kappa shape index (κ1) is 19.3. The molecule has 0 bridgehead atoms. The van der Waals surface area contributed by atoms with E-state index in [1.165, 1.54) is 12.8 Å². The lowest BCUT2D eigenvalue weighted by molar-refractivity contribution is -0.126. The third-order valence-corrected chi connectivity index (χ3v) is 4.37. The van der Waals surface area contributed by atoms with Crippen molar-refractivity contribution < 1.29 is 9.59 Å². The quantitative estimate of drug-likeness (QED) is 0.738. The molecule has 7 nitrogen and oxygen atoms in total. The Balaban J connectivity index is 1.93. The SMILES string of the molecule is C[C@H](C1CC1)n1nccc1NC(=O)NC(C)(C)C(=O)NCC(C)(C)C. The lowest BCUT2D eigenvalue weighted by Crippen LogP contribution is -2.56. The van der Waals surface area contributed by atoms with Gasteiger partial charge in [-0.1, -0.05) is 20.8 Å². The maximum Gasteiger partial charge on any atom is 0.321 e. The van der Waals surface area contributed by atoms with Crippen LogP contribution >= 0.6 is 0 Å². The molecule has 25 heavy (non-hydrogen) atoms. The van der Waals surface area contributed by atoms with Crippen LogP contribution in [-0.4, -0.2) is 33.8 Å². The Morgan fingerprint density at radius 3 is 2.48 bits per heavy atom. The molecule has 0 aliphatic heterocycles. The fourth-order valence-electron chi connectivity index (χ4n) is 2.57. The number of amides is 3. The highest BCUT2D eigenvalue weighted by atomic mass is 16.2. The van der Waals surface area contributed by atoms with Crippen LogP contribution in [0.15, 0.2) is 12.3 Å². The van der Waals surface area contributed by atoms with Crippen molar-refractivity contribution in [1.82, 2.24) is 20.4 Å². The summed E-state index contributed by atoms with van der Waals surface area (Å²) in [5.41, 5.74) is -1.03. The second-order valence-corrected chi connectivity index (χ2v) is 8.69. The van der Waals surface area contributed by atoms with Gasteiger partial charge in [0.1, 0.15) is 11.4 Å². The fourth-order valence-corrected chi connectivity index (χ4v) is 2.57. The van der Waals surface area contributed by atoms with Gasteiger partial charge >= 0.3 is 6.03 Å². The Hall–Kier alpha value is -2.05. The van der Waals surface area contributed by atoms with Crippen LogP contribution in [0.5, 0.6) is 0 Å². The monoisotopic (exact) mass is 349 g/mol. The van der Waals surface area contributed by atoms with E-state index in [1.807, 2.05) is 25.5 Å². The number of rotatable bonds is 6. The van der Waals surface area contributed by atoms with E-state index in [0.717, 1.165) is 0 Å². The molecule has 0 radical (unpaired) electrons. The maximum atomic E-state index is 12.4. The van der Waals surface area contributed by atoms with Gasteiger partial charge in [0.25, 0.3) is 0 Å². The Kier molecular flexibility index (Phi) is 5.44. The Morgan fingerprint density at radius 1 is 1.28 bits per heavy atom. The molecule has 2 rings (SSSR count). The van der Waals surface area contributed by atoms with E-state index in [-0.39, 0.29) is 17.4 Å². The minimum atomic E-state index is -1.01. The van der Waals surface area contributed by atoms with Gasteiger partial charge in [-0.2, -0.15) is 5.10 Å². The van der Waals surface area contributed by atoms with Crippen LogP contribution in [0, 0.1) is 11.3 Å². The highest BCUT2D eigenvalue weighted by Crippen LogP contribution is 2.40. The van der Waals surface area contributed by atoms with Gasteiger partial charge in [-0.25, -0.2) is 9.48 Å². The second-order valence-electron chi connectivity index (χ2n) is 8.69. The van der Waals surface area contributed by atoms with Crippen LogP contribution in [0.25, 0.3) is 0 Å². The van der Waals surface area contributed by atoms with Gasteiger partial charge in [0.15, 0.2) is 0 Å². The lowest BCUT2D eigenvalue weighted by Gasteiger charge is -2.28. The van der Waals surface area contributed by atoms with Gasteiger partial charge in [-0.15, -0.1) is 0 Å². The molecule has 140 valence electrons. The first-order valence-corrected chi connectivity index (χ1v) is 8.90. The van der Waals surface area contributed by atoms with Crippen molar-refractivity contribution in [2.45, 2.75) is 66.0 Å². The highest BCUT2D eigenvalue weighted by molar-refractivity contribution is 5.95. The molecule has 1 heterocycles. The predicted molar refractivity (Wildman–Crippen MR) is 98.4 cm³/mol. The van der Waals surface area contributed by atoms with Crippen molar-refractivity contribution in [3.63, 3.8) is 0 Å². The van der Waals surface area contributed by atoms with Gasteiger partial charge in [-0.3, -0.25) is 10.1 Å². The summed E-state index contributed by atoms with van der Waals surface area (Å²) < 4.78 is 1.84. The minimum absolute atomic E-state index is 0.0144. The molecule has 0 aromatic carbocycles. The first-order chi connectivity index (χ1) is 11.5. The van der Waals surface area contributed by atoms with E-state index < -0.39 is 11.6 Å². The average Bonchev–Trinajstić information content (AvgIpc) is 3.23. The molecule has 0 saturated heterocycles. The molecular weight excluding hydrogens is 318 g/mol. The van der Waals surface area contributed by atoms with Crippen LogP contribution in [-0.2, 0) is 4.79 Å². The fraction of sp³-hybridized carbons (Fsp3) is 0.722. The van der Waals surface area contributed by atoms with Crippen LogP contribution in [0.2, 0.25) is 0 Å². The number of urea groups is 1. The van der Waals surface area contributed by atoms with Crippen LogP contribution in [0.4, 0.5) is 10.6 Å². The number of nitrogens with zero attached hydrogens (tertiary/aromatic N) is 2. The van der Waals surface area contributed by atoms with Crippen LogP contribution < -0.4 is 16.0 Å². The third-order valence-electron chi connectivity index (χ3n) is 4.37. The topological polar surface area (TPSA) is 88.1 Å². The Morgan fingerprint density at radius 2 is 1.92 bits per heavy atom. The van der Waals surface area contributed by atoms with Crippen molar-refractivity contribution in [2.75, 3.05) is 11.9 Å². The number of hydrogen-bond donors (Lipinski definition) is 3. The second kappa shape index (κ2) is 7.06. The van der Waals surface area contributed by atoms with Crippen LogP contribution in [0.1, 0.15) is 60.4 Å². The minimum Gasteiger partial charge on any atom is -0.354 e. The van der Waals surface area contributed by atoms with E-state index >= 15 is 0 Å². The summed E-state index contributed by atoms with van der Waals surface area (Å²) >= 11 is 0. The summed E-state index contributed by atoms with van der Waals surface area (Å²) in [6.45, 7) is 12.2. The zero-order valence-electron chi connectivity index (χ0n) is 16.1. The molecule has 1 atom stereocenters. The normalized spacial score (nSPS) is 16.2. The molecule has 1 aliphatic rings. The molecule has 3 N–H and O–H groups in total. The molecule has 1 fully saturated rings. The van der Waals surface area contributed by atoms with Gasteiger partial charge in [0.05, 0.1) is 12.2 Å². The van der Waals surface area contributed by atoms with E-state index in [4.69, 9.17) is 0 Å². The number of nitrogens with one attached hydrogen (secondary N) is 3. The predicted octanol–water partition coefficient (Wildman–Crippen LogP) is 2.92. The van der Waals surface area contributed by atoms with E-state index in [2.05, 4.69) is 28.0 Å². The zero-order chi connectivity index (χ0) is 18.8. The summed E-state index contributed by atoms with van der Waals surface area (Å²) in [7, 11) is 0. The van der Waals surface area contributed by atoms with Gasteiger partial charge < -0.3 is 10.6 Å². The lowest BCUT2D eigenvalue weighted by atomic mass is 9.96. The molecule has 0 unspecified atom stereocenters. The number of hydrogen-bond acceptors (Lipinski definition) is 3. The van der Waals surface area contributed by atoms with E-state index in [0.29, 0.717) is 18.3 Å². The van der Waals surface area contributed by atoms with Crippen LogP contribution in [0.3, 0.4) is 0 Å². The molecule has 7 heteroatoms. The number of carbonyl (C=O) groups is 2. The number of carbonyl (C=O) groups excluding carboxylic acids is 2. The van der Waals surface area contributed by atoms with Crippen molar-refractivity contribution in [3.8, 4) is 0 Å². The molecule has 3 amide bonds. The smallest absolute Gasteiger partial charge is 0.321 e. The summed E-state index contributed by atoms with van der Waals surface area (Å²) in [5.74, 6) is 1.06. The Labute approximate surface area is 149 Å². The zero-order valence-corrected chi connectivity index (χ0v) is 16.1. The molecule has 1 saturated carbocycles. The molecule has 1 aliphatic carbocycles. The largest absolute Gasteiger partial charge is 0.354 e. The summed E-state index contributed by atoms with van der Waals surface area (Å²) in [6, 6.07) is 1.61. The Bertz CT molecular complexity index is 626. The van der Waals surface area contributed by atoms with Gasteiger partial charge in [0, 0.05) is 12.6 Å².